The van der Waals surface area contributed by atoms with Crippen molar-refractivity contribution in [3.05, 3.63) is 25.0 Å². The number of epoxide rings is 1. The Kier molecular flexibility index (Phi) is 3.75. The van der Waals surface area contributed by atoms with E-state index in [0.29, 0.717) is 6.61 Å². The lowest BCUT2D eigenvalue weighted by Gasteiger charge is -2.12. The van der Waals surface area contributed by atoms with Crippen LogP contribution in [-0.4, -0.2) is 19.3 Å². The number of benzene rings is 1. The van der Waals surface area contributed by atoms with Crippen LogP contribution in [-0.2, 0) is 4.74 Å². The topological polar surface area (TPSA) is 21.8 Å². The molecule has 0 spiro atoms. The maximum absolute atomic E-state index is 5.70. The fourth-order valence-corrected chi connectivity index (χ4v) is 2.81. The van der Waals surface area contributed by atoms with Crippen molar-refractivity contribution < 1.29 is 9.47 Å². The lowest BCUT2D eigenvalue weighted by molar-refractivity contribution is 0.260. The highest BCUT2D eigenvalue weighted by molar-refractivity contribution is 9.13. The molecule has 1 atom stereocenters. The summed E-state index contributed by atoms with van der Waals surface area (Å²) in [5.74, 6) is 0.831. The first-order valence-electron chi connectivity index (χ1n) is 4.48. The molecule has 1 aliphatic heterocycles. The zero-order valence-electron chi connectivity index (χ0n) is 8.02. The second-order valence-corrected chi connectivity index (χ2v) is 5.84. The van der Waals surface area contributed by atoms with Crippen molar-refractivity contribution in [3.8, 4) is 5.75 Å². The van der Waals surface area contributed by atoms with E-state index in [-0.39, 0.29) is 6.10 Å². The van der Waals surface area contributed by atoms with Crippen molar-refractivity contribution in [2.24, 2.45) is 0 Å². The lowest BCUT2D eigenvalue weighted by Crippen LogP contribution is -2.05. The van der Waals surface area contributed by atoms with E-state index in [0.717, 1.165) is 31.3 Å². The molecule has 1 fully saturated rings. The summed E-state index contributed by atoms with van der Waals surface area (Å²) >= 11 is 10.5. The van der Waals surface area contributed by atoms with Crippen molar-refractivity contribution >= 4 is 47.8 Å². The molecule has 0 N–H and O–H groups in total. The molecular formula is C10H9Br3O2. The van der Waals surface area contributed by atoms with Gasteiger partial charge in [0, 0.05) is 4.47 Å². The molecule has 1 heterocycles. The van der Waals surface area contributed by atoms with Gasteiger partial charge in [0.15, 0.2) is 0 Å². The Bertz CT molecular complexity index is 362. The molecule has 1 aromatic carbocycles. The minimum absolute atomic E-state index is 0.267. The molecule has 1 unspecified atom stereocenters. The van der Waals surface area contributed by atoms with E-state index in [4.69, 9.17) is 9.47 Å². The average Bonchev–Trinajstić information content (AvgIpc) is 2.99. The third-order valence-electron chi connectivity index (χ3n) is 2.11. The molecule has 2 nitrogen and oxygen atoms in total. The Morgan fingerprint density at radius 3 is 2.67 bits per heavy atom. The number of ether oxygens (including phenoxy) is 2. The normalized spacial score (nSPS) is 19.1. The van der Waals surface area contributed by atoms with Crippen LogP contribution in [0.2, 0.25) is 0 Å². The van der Waals surface area contributed by atoms with Crippen molar-refractivity contribution in [1.29, 1.82) is 0 Å². The monoisotopic (exact) mass is 398 g/mol. The summed E-state index contributed by atoms with van der Waals surface area (Å²) in [6.07, 6.45) is 0.267. The van der Waals surface area contributed by atoms with Crippen LogP contribution in [0.3, 0.4) is 0 Å². The molecule has 0 aromatic heterocycles. The SMILES string of the molecule is Cc1cc(Br)c(Br)c(OCC2CO2)c1Br. The van der Waals surface area contributed by atoms with E-state index in [1.54, 1.807) is 0 Å². The molecule has 1 aromatic rings. The Morgan fingerprint density at radius 1 is 1.40 bits per heavy atom. The van der Waals surface area contributed by atoms with E-state index in [1.165, 1.54) is 0 Å². The molecule has 15 heavy (non-hydrogen) atoms. The maximum Gasteiger partial charge on any atom is 0.149 e. The molecule has 0 saturated carbocycles. The summed E-state index contributed by atoms with van der Waals surface area (Å²) in [5, 5.41) is 0. The summed E-state index contributed by atoms with van der Waals surface area (Å²) in [4.78, 5) is 0. The zero-order chi connectivity index (χ0) is 11.0. The van der Waals surface area contributed by atoms with Crippen molar-refractivity contribution in [2.75, 3.05) is 13.2 Å². The molecule has 0 aliphatic carbocycles. The highest BCUT2D eigenvalue weighted by Crippen LogP contribution is 2.41. The Hall–Kier alpha value is 0.420. The molecule has 1 aliphatic rings. The van der Waals surface area contributed by atoms with Gasteiger partial charge in [-0.1, -0.05) is 0 Å². The second-order valence-electron chi connectivity index (χ2n) is 3.40. The molecular weight excluding hydrogens is 392 g/mol. The van der Waals surface area contributed by atoms with Crippen LogP contribution in [0.25, 0.3) is 0 Å². The largest absolute Gasteiger partial charge is 0.488 e. The van der Waals surface area contributed by atoms with Crippen molar-refractivity contribution in [2.45, 2.75) is 13.0 Å². The van der Waals surface area contributed by atoms with Crippen LogP contribution in [0.5, 0.6) is 5.75 Å². The van der Waals surface area contributed by atoms with Crippen LogP contribution < -0.4 is 4.74 Å². The van der Waals surface area contributed by atoms with Gasteiger partial charge in [0.1, 0.15) is 18.5 Å². The van der Waals surface area contributed by atoms with E-state index >= 15 is 0 Å². The van der Waals surface area contributed by atoms with Crippen molar-refractivity contribution in [1.82, 2.24) is 0 Å². The van der Waals surface area contributed by atoms with Gasteiger partial charge >= 0.3 is 0 Å². The Labute approximate surface area is 114 Å². The summed E-state index contributed by atoms with van der Waals surface area (Å²) in [7, 11) is 0. The molecule has 1 saturated heterocycles. The van der Waals surface area contributed by atoms with Crippen LogP contribution >= 0.6 is 47.8 Å². The van der Waals surface area contributed by atoms with E-state index in [9.17, 15) is 0 Å². The predicted octanol–water partition coefficient (Wildman–Crippen LogP) is 4.06. The Morgan fingerprint density at radius 2 is 2.07 bits per heavy atom. The minimum atomic E-state index is 0.267. The fourth-order valence-electron chi connectivity index (χ4n) is 1.17. The second kappa shape index (κ2) is 4.73. The van der Waals surface area contributed by atoms with Gasteiger partial charge in [-0.25, -0.2) is 0 Å². The standard InChI is InChI=1S/C10H9Br3O2/c1-5-2-7(11)9(13)10(8(5)12)15-4-6-3-14-6/h2,6H,3-4H2,1H3. The quantitative estimate of drug-likeness (QED) is 0.563. The third-order valence-corrected chi connectivity index (χ3v) is 5.04. The molecule has 5 heteroatoms. The van der Waals surface area contributed by atoms with Gasteiger partial charge in [0.25, 0.3) is 0 Å². The molecule has 0 bridgehead atoms. The zero-order valence-corrected chi connectivity index (χ0v) is 12.8. The van der Waals surface area contributed by atoms with E-state index < -0.39 is 0 Å². The van der Waals surface area contributed by atoms with Crippen LogP contribution in [0.1, 0.15) is 5.56 Å². The number of hydrogen-bond donors (Lipinski definition) is 0. The lowest BCUT2D eigenvalue weighted by atomic mass is 10.2. The molecule has 2 rings (SSSR count). The summed E-state index contributed by atoms with van der Waals surface area (Å²) in [6.45, 7) is 3.44. The number of halogens is 3. The average molecular weight is 401 g/mol. The van der Waals surface area contributed by atoms with Gasteiger partial charge in [-0.05, 0) is 66.3 Å². The van der Waals surface area contributed by atoms with Gasteiger partial charge in [0.2, 0.25) is 0 Å². The third kappa shape index (κ3) is 2.75. The molecule has 0 amide bonds. The first-order chi connectivity index (χ1) is 7.09. The van der Waals surface area contributed by atoms with Gasteiger partial charge in [-0.15, -0.1) is 0 Å². The van der Waals surface area contributed by atoms with Gasteiger partial charge in [0.05, 0.1) is 15.6 Å². The highest BCUT2D eigenvalue weighted by atomic mass is 79.9. The van der Waals surface area contributed by atoms with Crippen LogP contribution in [0, 0.1) is 6.92 Å². The van der Waals surface area contributed by atoms with E-state index in [2.05, 4.69) is 47.8 Å². The maximum atomic E-state index is 5.70. The summed E-state index contributed by atoms with van der Waals surface area (Å²) < 4.78 is 13.7. The highest BCUT2D eigenvalue weighted by Gasteiger charge is 2.24. The fraction of sp³-hybridized carbons (Fsp3) is 0.400. The van der Waals surface area contributed by atoms with Crippen molar-refractivity contribution in [3.63, 3.8) is 0 Å². The molecule has 0 radical (unpaired) electrons. The number of rotatable bonds is 3. The summed E-state index contributed by atoms with van der Waals surface area (Å²) in [6, 6.07) is 2.04. The molecule has 82 valence electrons. The van der Waals surface area contributed by atoms with Gasteiger partial charge < -0.3 is 9.47 Å². The first kappa shape index (κ1) is 11.9. The Balaban J connectivity index is 2.25. The minimum Gasteiger partial charge on any atom is -0.488 e. The van der Waals surface area contributed by atoms with Gasteiger partial charge in [-0.2, -0.15) is 0 Å². The van der Waals surface area contributed by atoms with Crippen LogP contribution in [0.4, 0.5) is 0 Å². The smallest absolute Gasteiger partial charge is 0.149 e. The summed E-state index contributed by atoms with van der Waals surface area (Å²) in [5.41, 5.74) is 1.14. The van der Waals surface area contributed by atoms with Crippen LogP contribution in [0.15, 0.2) is 19.5 Å². The number of aryl methyl sites for hydroxylation is 1. The number of hydrogen-bond acceptors (Lipinski definition) is 2. The van der Waals surface area contributed by atoms with E-state index in [1.807, 2.05) is 13.0 Å². The first-order valence-corrected chi connectivity index (χ1v) is 6.86. The predicted molar refractivity (Wildman–Crippen MR) is 69.5 cm³/mol. The van der Waals surface area contributed by atoms with Gasteiger partial charge in [-0.3, -0.25) is 0 Å².